The minimum absolute atomic E-state index is 0.366. The number of rotatable bonds is 3. The number of hydrogen-bond donors (Lipinski definition) is 1. The summed E-state index contributed by atoms with van der Waals surface area (Å²) in [4.78, 5) is 0. The molecular weight excluding hydrogens is 332 g/mol. The molecule has 0 bridgehead atoms. The Kier molecular flexibility index (Phi) is 4.57. The third-order valence-corrected chi connectivity index (χ3v) is 5.96. The molecule has 0 radical (unpaired) electrons. The lowest BCUT2D eigenvalue weighted by atomic mass is 9.71. The van der Waals surface area contributed by atoms with E-state index in [-0.39, 0.29) is 0 Å². The van der Waals surface area contributed by atoms with Crippen LogP contribution in [0.25, 0.3) is 0 Å². The molecule has 0 amide bonds. The van der Waals surface area contributed by atoms with Gasteiger partial charge in [0.2, 0.25) is 0 Å². The largest absolute Gasteiger partial charge is 0.495 e. The van der Waals surface area contributed by atoms with Gasteiger partial charge in [-0.25, -0.2) is 0 Å². The summed E-state index contributed by atoms with van der Waals surface area (Å²) in [5.41, 5.74) is 8.52. The van der Waals surface area contributed by atoms with Gasteiger partial charge in [-0.2, -0.15) is 8.42 Å². The molecule has 134 valence electrons. The van der Waals surface area contributed by atoms with Gasteiger partial charge in [-0.3, -0.25) is 0 Å². The summed E-state index contributed by atoms with van der Waals surface area (Å²) in [5, 5.41) is 0. The van der Waals surface area contributed by atoms with E-state index >= 15 is 0 Å². The standard InChI is InChI=1S/C16H25BFNO4S/c1-9-12(8-24(18,20)21)10(2)14(19)11(3)13(9)17-22-15(4,5)16(6,7)23-17/h8,19H2,1-7H3. The molecule has 2 rings (SSSR count). The molecule has 5 nitrogen and oxygen atoms in total. The first-order valence-electron chi connectivity index (χ1n) is 7.84. The van der Waals surface area contributed by atoms with E-state index in [0.29, 0.717) is 27.8 Å². The van der Waals surface area contributed by atoms with Crippen molar-refractivity contribution in [1.82, 2.24) is 0 Å². The van der Waals surface area contributed by atoms with Crippen LogP contribution in [0.3, 0.4) is 0 Å². The van der Waals surface area contributed by atoms with E-state index in [1.807, 2.05) is 34.6 Å². The zero-order valence-corrected chi connectivity index (χ0v) is 16.1. The number of anilines is 1. The van der Waals surface area contributed by atoms with Crippen LogP contribution < -0.4 is 11.2 Å². The summed E-state index contributed by atoms with van der Waals surface area (Å²) in [6, 6.07) is 0. The van der Waals surface area contributed by atoms with E-state index in [0.717, 1.165) is 5.56 Å². The molecule has 1 aliphatic heterocycles. The van der Waals surface area contributed by atoms with Crippen molar-refractivity contribution >= 4 is 28.5 Å². The van der Waals surface area contributed by atoms with Crippen molar-refractivity contribution in [3.63, 3.8) is 0 Å². The third-order valence-electron chi connectivity index (χ3n) is 5.33. The second-order valence-electron chi connectivity index (χ2n) is 7.45. The maximum Gasteiger partial charge on any atom is 0.495 e. The molecule has 1 aromatic rings. The molecule has 1 fully saturated rings. The minimum atomic E-state index is -4.67. The van der Waals surface area contributed by atoms with E-state index in [9.17, 15) is 12.3 Å². The second-order valence-corrected chi connectivity index (χ2v) is 8.82. The minimum Gasteiger partial charge on any atom is -0.399 e. The molecule has 0 aliphatic carbocycles. The average molecular weight is 357 g/mol. The van der Waals surface area contributed by atoms with Crippen LogP contribution in [0.5, 0.6) is 0 Å². The van der Waals surface area contributed by atoms with Crippen LogP contribution >= 0.6 is 0 Å². The molecule has 1 heterocycles. The highest BCUT2D eigenvalue weighted by Gasteiger charge is 2.52. The highest BCUT2D eigenvalue weighted by Crippen LogP contribution is 2.38. The van der Waals surface area contributed by atoms with Gasteiger partial charge >= 0.3 is 17.3 Å². The summed E-state index contributed by atoms with van der Waals surface area (Å²) < 4.78 is 47.8. The lowest BCUT2D eigenvalue weighted by Crippen LogP contribution is -2.41. The van der Waals surface area contributed by atoms with E-state index < -0.39 is 34.3 Å². The zero-order chi connectivity index (χ0) is 18.7. The average Bonchev–Trinajstić information content (AvgIpc) is 2.60. The first-order valence-corrected chi connectivity index (χ1v) is 9.39. The molecule has 0 unspecified atom stereocenters. The Labute approximate surface area is 144 Å². The van der Waals surface area contributed by atoms with Gasteiger partial charge in [-0.05, 0) is 76.2 Å². The van der Waals surface area contributed by atoms with Gasteiger partial charge < -0.3 is 15.0 Å². The Morgan fingerprint density at radius 2 is 1.46 bits per heavy atom. The fourth-order valence-corrected chi connectivity index (χ4v) is 3.80. The zero-order valence-electron chi connectivity index (χ0n) is 15.3. The second kappa shape index (κ2) is 5.71. The molecule has 8 heteroatoms. The predicted octanol–water partition coefficient (Wildman–Crippen LogP) is 2.29. The number of benzene rings is 1. The highest BCUT2D eigenvalue weighted by molar-refractivity contribution is 7.85. The van der Waals surface area contributed by atoms with Gasteiger partial charge in [0.05, 0.1) is 11.2 Å². The highest BCUT2D eigenvalue weighted by atomic mass is 32.3. The maximum atomic E-state index is 13.3. The van der Waals surface area contributed by atoms with Gasteiger partial charge in [-0.15, -0.1) is 3.89 Å². The van der Waals surface area contributed by atoms with Crippen molar-refractivity contribution in [3.05, 3.63) is 22.3 Å². The Bertz CT molecular complexity index is 774. The van der Waals surface area contributed by atoms with Gasteiger partial charge in [0.1, 0.15) is 5.75 Å². The molecule has 0 spiro atoms. The molecule has 0 saturated carbocycles. The van der Waals surface area contributed by atoms with Crippen LogP contribution in [-0.2, 0) is 25.3 Å². The number of nitrogen functional groups attached to an aromatic ring is 1. The van der Waals surface area contributed by atoms with E-state index in [4.69, 9.17) is 15.0 Å². The molecule has 24 heavy (non-hydrogen) atoms. The third kappa shape index (κ3) is 3.19. The Hall–Kier alpha value is -1.12. The fraction of sp³-hybridized carbons (Fsp3) is 0.625. The van der Waals surface area contributed by atoms with Gasteiger partial charge in [0.25, 0.3) is 0 Å². The lowest BCUT2D eigenvalue weighted by molar-refractivity contribution is 0.00578. The van der Waals surface area contributed by atoms with E-state index in [1.54, 1.807) is 13.8 Å². The van der Waals surface area contributed by atoms with Crippen LogP contribution in [0.4, 0.5) is 9.57 Å². The van der Waals surface area contributed by atoms with Gasteiger partial charge in [0, 0.05) is 5.69 Å². The summed E-state index contributed by atoms with van der Waals surface area (Å²) in [5.74, 6) is -0.707. The van der Waals surface area contributed by atoms with Crippen molar-refractivity contribution < 1.29 is 21.6 Å². The summed E-state index contributed by atoms with van der Waals surface area (Å²) in [7, 11) is -5.36. The van der Waals surface area contributed by atoms with Gasteiger partial charge in [0.15, 0.2) is 0 Å². The number of halogens is 1. The molecule has 1 saturated heterocycles. The van der Waals surface area contributed by atoms with E-state index in [1.165, 1.54) is 0 Å². The normalized spacial score (nSPS) is 19.8. The molecule has 0 atom stereocenters. The number of hydrogen-bond acceptors (Lipinski definition) is 5. The predicted molar refractivity (Wildman–Crippen MR) is 94.5 cm³/mol. The van der Waals surface area contributed by atoms with Crippen molar-refractivity contribution in [3.8, 4) is 0 Å². The van der Waals surface area contributed by atoms with Crippen LogP contribution in [0.15, 0.2) is 0 Å². The molecule has 2 N–H and O–H groups in total. The van der Waals surface area contributed by atoms with Crippen molar-refractivity contribution in [1.29, 1.82) is 0 Å². The smallest absolute Gasteiger partial charge is 0.399 e. The fourth-order valence-electron chi connectivity index (χ4n) is 3.02. The van der Waals surface area contributed by atoms with Crippen LogP contribution in [0.2, 0.25) is 0 Å². The summed E-state index contributed by atoms with van der Waals surface area (Å²) in [6.45, 7) is 13.0. The first-order chi connectivity index (χ1) is 10.7. The molecule has 1 aliphatic rings. The Morgan fingerprint density at radius 3 is 1.88 bits per heavy atom. The van der Waals surface area contributed by atoms with E-state index in [2.05, 4.69) is 0 Å². The first kappa shape index (κ1) is 19.2. The maximum absolute atomic E-state index is 13.3. The lowest BCUT2D eigenvalue weighted by Gasteiger charge is -2.32. The van der Waals surface area contributed by atoms with Crippen molar-refractivity contribution in [2.75, 3.05) is 5.73 Å². The molecular formula is C16H25BFNO4S. The van der Waals surface area contributed by atoms with Crippen molar-refractivity contribution in [2.45, 2.75) is 65.4 Å². The Morgan fingerprint density at radius 1 is 1.00 bits per heavy atom. The van der Waals surface area contributed by atoms with Crippen molar-refractivity contribution in [2.24, 2.45) is 0 Å². The van der Waals surface area contributed by atoms with Crippen LogP contribution in [0, 0.1) is 20.8 Å². The van der Waals surface area contributed by atoms with Gasteiger partial charge in [-0.1, -0.05) is 0 Å². The summed E-state index contributed by atoms with van der Waals surface area (Å²) >= 11 is 0. The SMILES string of the molecule is Cc1c(N)c(C)c(B2OC(C)(C)C(C)(C)O2)c(C)c1CS(=O)(=O)F. The monoisotopic (exact) mass is 357 g/mol. The molecule has 1 aromatic carbocycles. The molecule has 0 aromatic heterocycles. The topological polar surface area (TPSA) is 78.6 Å². The Balaban J connectivity index is 2.64. The number of nitrogens with two attached hydrogens (primary N) is 1. The van der Waals surface area contributed by atoms with Crippen LogP contribution in [-0.4, -0.2) is 26.7 Å². The summed E-state index contributed by atoms with van der Waals surface area (Å²) in [6.07, 6.45) is 0. The van der Waals surface area contributed by atoms with Crippen LogP contribution in [0.1, 0.15) is 49.9 Å². The quantitative estimate of drug-likeness (QED) is 0.510.